The van der Waals surface area contributed by atoms with Gasteiger partial charge in [-0.05, 0) is 51.0 Å². The lowest BCUT2D eigenvalue weighted by atomic mass is 9.82. The predicted octanol–water partition coefficient (Wildman–Crippen LogP) is 1.74. The number of H-pyrrole nitrogens is 2. The minimum Gasteiger partial charge on any atom is -0.437 e. The second-order valence-corrected chi connectivity index (χ2v) is 8.32. The van der Waals surface area contributed by atoms with Crippen LogP contribution in [0, 0.1) is 0 Å². The molecule has 0 bridgehead atoms. The number of aromatic amines is 2. The molecule has 11 heteroatoms. The minimum atomic E-state index is -0.547. The lowest BCUT2D eigenvalue weighted by molar-refractivity contribution is 0.0531. The van der Waals surface area contributed by atoms with Gasteiger partial charge in [-0.3, -0.25) is 19.3 Å². The molecule has 1 saturated heterocycles. The average molecular weight is 440 g/mol. The van der Waals surface area contributed by atoms with E-state index in [0.717, 1.165) is 0 Å². The van der Waals surface area contributed by atoms with Crippen molar-refractivity contribution in [1.82, 2.24) is 24.7 Å². The normalized spacial score (nSPS) is 17.6. The smallest absolute Gasteiger partial charge is 0.376 e. The van der Waals surface area contributed by atoms with Gasteiger partial charge < -0.3 is 19.8 Å². The molecule has 2 aromatic heterocycles. The summed E-state index contributed by atoms with van der Waals surface area (Å²) in [5.74, 6) is -0.394. The monoisotopic (exact) mass is 439 g/mol. The zero-order valence-corrected chi connectivity index (χ0v) is 17.4. The molecule has 2 aliphatic rings. The molecule has 0 saturated carbocycles. The van der Waals surface area contributed by atoms with Crippen LogP contribution in [0.5, 0.6) is 0 Å². The highest BCUT2D eigenvalue weighted by Crippen LogP contribution is 2.32. The Morgan fingerprint density at radius 1 is 1.16 bits per heavy atom. The van der Waals surface area contributed by atoms with Crippen molar-refractivity contribution in [1.29, 1.82) is 0 Å². The van der Waals surface area contributed by atoms with Crippen LogP contribution >= 0.6 is 11.6 Å². The van der Waals surface area contributed by atoms with Crippen molar-refractivity contribution in [3.8, 4) is 11.4 Å². The van der Waals surface area contributed by atoms with Gasteiger partial charge in [0.2, 0.25) is 0 Å². The summed E-state index contributed by atoms with van der Waals surface area (Å²) in [5.41, 5.74) is 1.45. The summed E-state index contributed by atoms with van der Waals surface area (Å²) < 4.78 is 0. The number of benzene rings is 1. The van der Waals surface area contributed by atoms with E-state index >= 15 is 0 Å². The summed E-state index contributed by atoms with van der Waals surface area (Å²) in [6.07, 6.45) is 2.68. The van der Waals surface area contributed by atoms with Crippen LogP contribution in [-0.4, -0.2) is 67.7 Å². The summed E-state index contributed by atoms with van der Waals surface area (Å²) in [5, 5.41) is 9.98. The Hall–Kier alpha value is -2.95. The molecule has 0 spiro atoms. The lowest BCUT2D eigenvalue weighted by Crippen LogP contribution is -2.50. The van der Waals surface area contributed by atoms with Gasteiger partial charge in [0, 0.05) is 12.2 Å². The molecule has 0 aliphatic carbocycles. The molecule has 31 heavy (non-hydrogen) atoms. The largest absolute Gasteiger partial charge is 0.437 e. The number of fused-ring (bicyclic) bond motifs is 2. The van der Waals surface area contributed by atoms with Gasteiger partial charge in [0.25, 0.3) is 17.4 Å². The number of nitrogens with zero attached hydrogens (tertiary/aromatic N) is 3. The first kappa shape index (κ1) is 20.0. The summed E-state index contributed by atoms with van der Waals surface area (Å²) in [7, 11) is -0.547. The number of carbonyl (C=O) groups excluding carboxylic acids is 2. The molecule has 0 atom stereocenters. The van der Waals surface area contributed by atoms with E-state index in [0.29, 0.717) is 48.1 Å². The number of imide groups is 1. The summed E-state index contributed by atoms with van der Waals surface area (Å²) >= 11 is 6.16. The summed E-state index contributed by atoms with van der Waals surface area (Å²) in [6.45, 7) is 2.95. The molecule has 158 valence electrons. The van der Waals surface area contributed by atoms with Crippen molar-refractivity contribution in [2.45, 2.75) is 25.7 Å². The maximum Gasteiger partial charge on any atom is 0.376 e. The average Bonchev–Trinajstić information content (AvgIpc) is 3.25. The quantitative estimate of drug-likeness (QED) is 0.422. The van der Waals surface area contributed by atoms with E-state index in [-0.39, 0.29) is 39.8 Å². The number of hydrogen-bond acceptors (Lipinski definition) is 6. The Balaban J connectivity index is 1.48. The fourth-order valence-electron chi connectivity index (χ4n) is 4.41. The van der Waals surface area contributed by atoms with Gasteiger partial charge in [-0.15, -0.1) is 0 Å². The van der Waals surface area contributed by atoms with Gasteiger partial charge in [-0.1, -0.05) is 11.6 Å². The van der Waals surface area contributed by atoms with Crippen molar-refractivity contribution >= 4 is 41.5 Å². The Morgan fingerprint density at radius 2 is 1.84 bits per heavy atom. The van der Waals surface area contributed by atoms with Gasteiger partial charge in [0.1, 0.15) is 11.4 Å². The summed E-state index contributed by atoms with van der Waals surface area (Å²) in [6, 6.07) is 4.54. The number of pyridine rings is 1. The molecule has 0 unspecified atom stereocenters. The van der Waals surface area contributed by atoms with E-state index in [1.165, 1.54) is 11.1 Å². The number of carbonyl (C=O) groups is 2. The molecule has 1 aromatic carbocycles. The molecular formula is C20H19BClN5O4. The Kier molecular flexibility index (Phi) is 4.73. The SMILES string of the molecule is CB(O)N1CCC(N2C(=O)c3cc4nc(-c5c(Cl)cc[nH]c5=O)[nH]c4cc3C2=O)CC1. The Bertz CT molecular complexity index is 1230. The van der Waals surface area contributed by atoms with Crippen molar-refractivity contribution in [3.63, 3.8) is 0 Å². The second kappa shape index (κ2) is 7.33. The highest BCUT2D eigenvalue weighted by Gasteiger charge is 2.42. The van der Waals surface area contributed by atoms with Crippen LogP contribution in [0.1, 0.15) is 33.6 Å². The third-order valence-electron chi connectivity index (χ3n) is 6.06. The topological polar surface area (TPSA) is 122 Å². The first-order chi connectivity index (χ1) is 14.8. The van der Waals surface area contributed by atoms with Crippen LogP contribution in [0.4, 0.5) is 0 Å². The first-order valence-electron chi connectivity index (χ1n) is 10.1. The zero-order valence-electron chi connectivity index (χ0n) is 16.7. The number of aromatic nitrogens is 3. The molecule has 5 rings (SSSR count). The van der Waals surface area contributed by atoms with Crippen LogP contribution in [0.25, 0.3) is 22.4 Å². The van der Waals surface area contributed by atoms with Crippen molar-refractivity contribution in [3.05, 3.63) is 50.9 Å². The van der Waals surface area contributed by atoms with E-state index < -0.39 is 7.05 Å². The molecule has 0 radical (unpaired) electrons. The van der Waals surface area contributed by atoms with E-state index in [2.05, 4.69) is 15.0 Å². The van der Waals surface area contributed by atoms with Gasteiger partial charge in [0.15, 0.2) is 0 Å². The van der Waals surface area contributed by atoms with Crippen LogP contribution in [0.3, 0.4) is 0 Å². The number of nitrogens with one attached hydrogen (secondary N) is 2. The highest BCUT2D eigenvalue weighted by molar-refractivity contribution is 6.45. The molecule has 3 aromatic rings. The molecule has 3 N–H and O–H groups in total. The molecule has 1 fully saturated rings. The van der Waals surface area contributed by atoms with Crippen molar-refractivity contribution in [2.24, 2.45) is 0 Å². The van der Waals surface area contributed by atoms with Crippen LogP contribution in [-0.2, 0) is 0 Å². The number of halogens is 1. The number of amides is 2. The molecule has 2 amide bonds. The fourth-order valence-corrected chi connectivity index (χ4v) is 4.64. The Morgan fingerprint density at radius 3 is 2.48 bits per heavy atom. The molecule has 4 heterocycles. The highest BCUT2D eigenvalue weighted by atomic mass is 35.5. The zero-order chi connectivity index (χ0) is 21.9. The Labute approximate surface area is 182 Å². The second-order valence-electron chi connectivity index (χ2n) is 7.91. The van der Waals surface area contributed by atoms with Crippen molar-refractivity contribution < 1.29 is 14.6 Å². The number of rotatable bonds is 3. The maximum atomic E-state index is 13.1. The molecule has 9 nitrogen and oxygen atoms in total. The van der Waals surface area contributed by atoms with Crippen LogP contribution < -0.4 is 5.56 Å². The third kappa shape index (κ3) is 3.18. The van der Waals surface area contributed by atoms with Gasteiger partial charge in [-0.25, -0.2) is 4.98 Å². The first-order valence-corrected chi connectivity index (χ1v) is 10.4. The summed E-state index contributed by atoms with van der Waals surface area (Å²) in [4.78, 5) is 51.6. The van der Waals surface area contributed by atoms with Crippen LogP contribution in [0.15, 0.2) is 29.2 Å². The number of hydrogen-bond donors (Lipinski definition) is 3. The standard InChI is InChI=1S/C20H19BClN5O4/c1-21(31)26-6-3-10(4-7-26)27-19(29)11-8-14-15(9-12(11)20(27)30)25-17(24-14)16-13(22)2-5-23-18(16)28/h2,5,8-10,31H,3-4,6-7H2,1H3,(H,23,28)(H,24,25). The van der Waals surface area contributed by atoms with E-state index in [9.17, 15) is 19.4 Å². The number of piperidine rings is 1. The molecule has 2 aliphatic heterocycles. The van der Waals surface area contributed by atoms with E-state index in [1.807, 2.05) is 4.81 Å². The third-order valence-corrected chi connectivity index (χ3v) is 6.37. The van der Waals surface area contributed by atoms with Gasteiger partial charge >= 0.3 is 7.05 Å². The van der Waals surface area contributed by atoms with E-state index in [4.69, 9.17) is 11.6 Å². The van der Waals surface area contributed by atoms with Crippen molar-refractivity contribution in [2.75, 3.05) is 13.1 Å². The van der Waals surface area contributed by atoms with Crippen LogP contribution in [0.2, 0.25) is 11.8 Å². The fraction of sp³-hybridized carbons (Fsp3) is 0.300. The van der Waals surface area contributed by atoms with Gasteiger partial charge in [-0.2, -0.15) is 0 Å². The predicted molar refractivity (Wildman–Crippen MR) is 116 cm³/mol. The number of imidazole rings is 1. The van der Waals surface area contributed by atoms with Gasteiger partial charge in [0.05, 0.1) is 27.2 Å². The minimum absolute atomic E-state index is 0.199. The molecular weight excluding hydrogens is 421 g/mol. The maximum absolute atomic E-state index is 13.1. The van der Waals surface area contributed by atoms with E-state index in [1.54, 1.807) is 25.0 Å². The lowest BCUT2D eigenvalue weighted by Gasteiger charge is -2.36.